The lowest BCUT2D eigenvalue weighted by Crippen LogP contribution is -2.23. The maximum Gasteiger partial charge on any atom is 0.267 e. The Kier molecular flexibility index (Phi) is 4.57. The summed E-state index contributed by atoms with van der Waals surface area (Å²) in [5.41, 5.74) is 2.23. The molecule has 0 unspecified atom stereocenters. The van der Waals surface area contributed by atoms with Gasteiger partial charge >= 0.3 is 0 Å². The molecule has 0 radical (unpaired) electrons. The van der Waals surface area contributed by atoms with Crippen molar-refractivity contribution in [2.45, 2.75) is 19.8 Å². The molecule has 1 fully saturated rings. The van der Waals surface area contributed by atoms with Crippen molar-refractivity contribution in [2.24, 2.45) is 0 Å². The fourth-order valence-electron chi connectivity index (χ4n) is 2.97. The van der Waals surface area contributed by atoms with Gasteiger partial charge in [0.15, 0.2) is 0 Å². The summed E-state index contributed by atoms with van der Waals surface area (Å²) >= 11 is 3.01. The first-order valence-corrected chi connectivity index (χ1v) is 10.0. The molecule has 0 saturated carbocycles. The van der Waals surface area contributed by atoms with Crippen LogP contribution in [0.2, 0.25) is 0 Å². The number of nitrogens with zero attached hydrogens (tertiary/aromatic N) is 2. The highest BCUT2D eigenvalue weighted by Crippen LogP contribution is 2.32. The Morgan fingerprint density at radius 2 is 2.15 bits per heavy atom. The van der Waals surface area contributed by atoms with Gasteiger partial charge in [0.05, 0.1) is 10.6 Å². The molecule has 3 aromatic rings. The molecule has 1 aliphatic rings. The van der Waals surface area contributed by atoms with Crippen LogP contribution in [0.1, 0.15) is 28.2 Å². The molecular formula is C19H17N3O2S2. The van der Waals surface area contributed by atoms with Crippen molar-refractivity contribution in [3.63, 3.8) is 0 Å². The molecule has 1 N–H and O–H groups in total. The lowest BCUT2D eigenvalue weighted by molar-refractivity contribution is -0.117. The molecule has 132 valence electrons. The Labute approximate surface area is 159 Å². The Balaban J connectivity index is 1.54. The standard InChI is InChI=1S/C19H17N3O2S2/c1-12-17(26-19(20-12)15-7-4-10-25-15)18(24)21-13-5-2-6-14(11-13)22-9-3-8-16(22)23/h2,4-7,10-11H,3,8-9H2,1H3,(H,21,24). The second-order valence-electron chi connectivity index (χ2n) is 6.06. The van der Waals surface area contributed by atoms with Crippen LogP contribution in [0, 0.1) is 6.92 Å². The average Bonchev–Trinajstić information content (AvgIpc) is 3.35. The van der Waals surface area contributed by atoms with E-state index in [0.29, 0.717) is 17.0 Å². The normalized spacial score (nSPS) is 14.0. The molecule has 0 bridgehead atoms. The Morgan fingerprint density at radius 3 is 2.88 bits per heavy atom. The zero-order valence-electron chi connectivity index (χ0n) is 14.2. The van der Waals surface area contributed by atoms with Crippen LogP contribution in [0.25, 0.3) is 9.88 Å². The minimum atomic E-state index is -0.173. The average molecular weight is 383 g/mol. The lowest BCUT2D eigenvalue weighted by Gasteiger charge is -2.16. The highest BCUT2D eigenvalue weighted by atomic mass is 32.1. The van der Waals surface area contributed by atoms with E-state index in [1.54, 1.807) is 16.2 Å². The van der Waals surface area contributed by atoms with Gasteiger partial charge in [0.2, 0.25) is 5.91 Å². The van der Waals surface area contributed by atoms with Gasteiger partial charge in [0.1, 0.15) is 9.88 Å². The van der Waals surface area contributed by atoms with Gasteiger partial charge in [-0.2, -0.15) is 0 Å². The SMILES string of the molecule is Cc1nc(-c2cccs2)sc1C(=O)Nc1cccc(N2CCCC2=O)c1. The van der Waals surface area contributed by atoms with E-state index in [4.69, 9.17) is 0 Å². The fraction of sp³-hybridized carbons (Fsp3) is 0.211. The summed E-state index contributed by atoms with van der Waals surface area (Å²) in [5, 5.41) is 5.79. The molecule has 0 spiro atoms. The molecule has 2 aromatic heterocycles. The van der Waals surface area contributed by atoms with Crippen LogP contribution in [-0.2, 0) is 4.79 Å². The van der Waals surface area contributed by atoms with E-state index in [0.717, 1.165) is 34.2 Å². The van der Waals surface area contributed by atoms with Crippen LogP contribution < -0.4 is 10.2 Å². The third-order valence-corrected chi connectivity index (χ3v) is 6.42. The van der Waals surface area contributed by atoms with Crippen molar-refractivity contribution in [3.05, 3.63) is 52.3 Å². The van der Waals surface area contributed by atoms with Gasteiger partial charge in [0.25, 0.3) is 5.91 Å². The monoisotopic (exact) mass is 383 g/mol. The number of carbonyl (C=O) groups is 2. The smallest absolute Gasteiger partial charge is 0.267 e. The van der Waals surface area contributed by atoms with E-state index in [1.165, 1.54) is 11.3 Å². The number of anilines is 2. The van der Waals surface area contributed by atoms with Crippen LogP contribution >= 0.6 is 22.7 Å². The maximum atomic E-state index is 12.7. The molecule has 1 aliphatic heterocycles. The summed E-state index contributed by atoms with van der Waals surface area (Å²) in [6.07, 6.45) is 1.46. The molecule has 3 heterocycles. The van der Waals surface area contributed by atoms with Crippen molar-refractivity contribution in [1.29, 1.82) is 0 Å². The number of aryl methyl sites for hydroxylation is 1. The predicted molar refractivity (Wildman–Crippen MR) is 106 cm³/mol. The van der Waals surface area contributed by atoms with E-state index >= 15 is 0 Å². The van der Waals surface area contributed by atoms with Crippen LogP contribution in [0.4, 0.5) is 11.4 Å². The van der Waals surface area contributed by atoms with Gasteiger partial charge in [-0.3, -0.25) is 9.59 Å². The summed E-state index contributed by atoms with van der Waals surface area (Å²) in [4.78, 5) is 32.6. The highest BCUT2D eigenvalue weighted by molar-refractivity contribution is 7.22. The number of hydrogen-bond acceptors (Lipinski definition) is 5. The molecule has 2 amide bonds. The first-order chi connectivity index (χ1) is 12.6. The lowest BCUT2D eigenvalue weighted by atomic mass is 10.2. The van der Waals surface area contributed by atoms with E-state index in [9.17, 15) is 9.59 Å². The van der Waals surface area contributed by atoms with Gasteiger partial charge < -0.3 is 10.2 Å². The molecule has 5 nitrogen and oxygen atoms in total. The predicted octanol–water partition coefficient (Wildman–Crippen LogP) is 4.56. The van der Waals surface area contributed by atoms with Crippen molar-refractivity contribution in [3.8, 4) is 9.88 Å². The first kappa shape index (κ1) is 16.9. The van der Waals surface area contributed by atoms with Gasteiger partial charge in [-0.1, -0.05) is 12.1 Å². The number of rotatable bonds is 4. The third-order valence-electron chi connectivity index (χ3n) is 4.22. The van der Waals surface area contributed by atoms with Crippen molar-refractivity contribution in [2.75, 3.05) is 16.8 Å². The van der Waals surface area contributed by atoms with Gasteiger partial charge in [0, 0.05) is 24.3 Å². The van der Waals surface area contributed by atoms with Crippen LogP contribution in [0.3, 0.4) is 0 Å². The summed E-state index contributed by atoms with van der Waals surface area (Å²) < 4.78 is 0. The van der Waals surface area contributed by atoms with E-state index in [1.807, 2.05) is 48.7 Å². The number of amides is 2. The quantitative estimate of drug-likeness (QED) is 0.718. The highest BCUT2D eigenvalue weighted by Gasteiger charge is 2.22. The number of hydrogen-bond donors (Lipinski definition) is 1. The second kappa shape index (κ2) is 7.01. The Bertz CT molecular complexity index is 963. The van der Waals surface area contributed by atoms with Crippen molar-refractivity contribution in [1.82, 2.24) is 4.98 Å². The largest absolute Gasteiger partial charge is 0.321 e. The van der Waals surface area contributed by atoms with Crippen molar-refractivity contribution < 1.29 is 9.59 Å². The Hall–Kier alpha value is -2.51. The minimum Gasteiger partial charge on any atom is -0.321 e. The molecule has 1 aromatic carbocycles. The summed E-state index contributed by atoms with van der Waals surface area (Å²) in [6, 6.07) is 11.4. The van der Waals surface area contributed by atoms with Crippen LogP contribution in [0.15, 0.2) is 41.8 Å². The molecule has 26 heavy (non-hydrogen) atoms. The number of aromatic nitrogens is 1. The number of carbonyl (C=O) groups excluding carboxylic acids is 2. The van der Waals surface area contributed by atoms with E-state index < -0.39 is 0 Å². The zero-order valence-corrected chi connectivity index (χ0v) is 15.8. The summed E-state index contributed by atoms with van der Waals surface area (Å²) in [6.45, 7) is 2.58. The second-order valence-corrected chi connectivity index (χ2v) is 8.01. The van der Waals surface area contributed by atoms with E-state index in [2.05, 4.69) is 10.3 Å². The van der Waals surface area contributed by atoms with Gasteiger partial charge in [-0.25, -0.2) is 4.98 Å². The van der Waals surface area contributed by atoms with Gasteiger partial charge in [-0.15, -0.1) is 22.7 Å². The fourth-order valence-corrected chi connectivity index (χ4v) is 4.73. The number of thiophene rings is 1. The van der Waals surface area contributed by atoms with Crippen molar-refractivity contribution >= 4 is 45.9 Å². The molecule has 4 rings (SSSR count). The Morgan fingerprint density at radius 1 is 1.27 bits per heavy atom. The molecule has 1 saturated heterocycles. The van der Waals surface area contributed by atoms with E-state index in [-0.39, 0.29) is 11.8 Å². The molecule has 0 atom stereocenters. The van der Waals surface area contributed by atoms with Gasteiger partial charge in [-0.05, 0) is 43.0 Å². The number of benzene rings is 1. The first-order valence-electron chi connectivity index (χ1n) is 8.35. The summed E-state index contributed by atoms with van der Waals surface area (Å²) in [5.74, 6) is -0.0416. The summed E-state index contributed by atoms with van der Waals surface area (Å²) in [7, 11) is 0. The maximum absolute atomic E-state index is 12.7. The zero-order chi connectivity index (χ0) is 18.1. The number of nitrogens with one attached hydrogen (secondary N) is 1. The third kappa shape index (κ3) is 3.27. The van der Waals surface area contributed by atoms with Crippen LogP contribution in [-0.4, -0.2) is 23.3 Å². The molecule has 0 aliphatic carbocycles. The topological polar surface area (TPSA) is 62.3 Å². The molecule has 7 heteroatoms. The number of thiazole rings is 1. The van der Waals surface area contributed by atoms with Crippen LogP contribution in [0.5, 0.6) is 0 Å². The minimum absolute atomic E-state index is 0.132. The molecular weight excluding hydrogens is 366 g/mol.